The smallest absolute Gasteiger partial charge is 0.434 e. The van der Waals surface area contributed by atoms with Crippen molar-refractivity contribution in [2.24, 2.45) is 0 Å². The number of likely N-dealkylation sites (tertiary alicyclic amines) is 1. The molecule has 2 saturated heterocycles. The van der Waals surface area contributed by atoms with Crippen LogP contribution in [-0.4, -0.2) is 90.8 Å². The lowest BCUT2D eigenvalue weighted by atomic mass is 9.87. The zero-order chi connectivity index (χ0) is 26.9. The summed E-state index contributed by atoms with van der Waals surface area (Å²) in [5.74, 6) is -0.582. The van der Waals surface area contributed by atoms with Crippen LogP contribution in [0.3, 0.4) is 0 Å². The van der Waals surface area contributed by atoms with Crippen LogP contribution in [0.4, 0.5) is 22.4 Å². The van der Waals surface area contributed by atoms with Gasteiger partial charge in [0.2, 0.25) is 16.1 Å². The number of carbonyl (C=O) groups excluding carboxylic acids is 1. The van der Waals surface area contributed by atoms with E-state index in [1.807, 2.05) is 0 Å². The first-order valence-corrected chi connectivity index (χ1v) is 13.6. The van der Waals surface area contributed by atoms with Crippen LogP contribution in [0.5, 0.6) is 0 Å². The van der Waals surface area contributed by atoms with Gasteiger partial charge in [0.15, 0.2) is 0 Å². The van der Waals surface area contributed by atoms with Gasteiger partial charge in [0.1, 0.15) is 12.4 Å². The van der Waals surface area contributed by atoms with Crippen LogP contribution in [0.15, 0.2) is 29.2 Å². The van der Waals surface area contributed by atoms with E-state index in [2.05, 4.69) is 9.26 Å². The second-order valence-electron chi connectivity index (χ2n) is 8.51. The molecule has 1 aromatic rings. The molecule has 0 aliphatic carbocycles. The number of amides is 1. The summed E-state index contributed by atoms with van der Waals surface area (Å²) in [6, 6.07) is 3.80. The number of rotatable bonds is 7. The topological polar surface area (TPSA) is 143 Å². The molecule has 2 aliphatic heterocycles. The minimum atomic E-state index is -5.22. The van der Waals surface area contributed by atoms with Gasteiger partial charge in [-0.25, -0.2) is 22.2 Å². The Morgan fingerprint density at radius 2 is 1.86 bits per heavy atom. The number of benzene rings is 1. The summed E-state index contributed by atoms with van der Waals surface area (Å²) in [4.78, 5) is 30.4. The summed E-state index contributed by atoms with van der Waals surface area (Å²) in [5.41, 5.74) is -0.805. The van der Waals surface area contributed by atoms with Gasteiger partial charge in [0.05, 0.1) is 23.1 Å². The summed E-state index contributed by atoms with van der Waals surface area (Å²) in [5, 5.41) is 0. The van der Waals surface area contributed by atoms with Gasteiger partial charge in [-0.15, -0.1) is 0 Å². The summed E-state index contributed by atoms with van der Waals surface area (Å²) in [6.07, 6.45) is -8.69. The first-order chi connectivity index (χ1) is 16.5. The third-order valence-corrected chi connectivity index (χ3v) is 8.54. The number of hydrogen-bond acceptors (Lipinski definition) is 7. The number of hydrogen-bond donors (Lipinski definition) is 2. The number of likely N-dealkylation sites (N-methyl/N-ethyl adjacent to an activating group) is 1. The summed E-state index contributed by atoms with van der Waals surface area (Å²) >= 11 is 0. The number of carbonyl (C=O) groups is 1. The minimum absolute atomic E-state index is 0.0517. The Hall–Kier alpha value is -1.81. The van der Waals surface area contributed by atoms with E-state index >= 15 is 0 Å². The van der Waals surface area contributed by atoms with E-state index in [4.69, 9.17) is 14.5 Å². The zero-order valence-electron chi connectivity index (χ0n) is 18.9. The Bertz CT molecular complexity index is 1090. The van der Waals surface area contributed by atoms with E-state index in [9.17, 15) is 35.3 Å². The molecule has 0 radical (unpaired) electrons. The lowest BCUT2D eigenvalue weighted by Crippen LogP contribution is -2.49. The van der Waals surface area contributed by atoms with E-state index in [0.717, 1.165) is 33.5 Å². The number of alkyl halides is 3. The van der Waals surface area contributed by atoms with Gasteiger partial charge >= 0.3 is 20.1 Å². The highest BCUT2D eigenvalue weighted by Gasteiger charge is 2.48. The number of piperidine rings is 1. The highest BCUT2D eigenvalue weighted by molar-refractivity contribution is 7.89. The van der Waals surface area contributed by atoms with E-state index in [1.54, 1.807) is 0 Å². The molecule has 2 heterocycles. The molecule has 1 unspecified atom stereocenters. The predicted octanol–water partition coefficient (Wildman–Crippen LogP) is 2.25. The van der Waals surface area contributed by atoms with Crippen molar-refractivity contribution < 1.29 is 59.1 Å². The number of phosphoric acid groups is 1. The second-order valence-corrected chi connectivity index (χ2v) is 11.8. The van der Waals surface area contributed by atoms with Gasteiger partial charge < -0.3 is 24.2 Å². The van der Waals surface area contributed by atoms with E-state index < -0.39 is 60.3 Å². The number of phosphoric ester groups is 1. The van der Waals surface area contributed by atoms with Crippen LogP contribution in [0.2, 0.25) is 0 Å². The third-order valence-electron chi connectivity index (χ3n) is 6.13. The maximum Gasteiger partial charge on any atom is 0.469 e. The van der Waals surface area contributed by atoms with E-state index in [0.29, 0.717) is 0 Å². The van der Waals surface area contributed by atoms with Crippen molar-refractivity contribution in [3.8, 4) is 0 Å². The molecule has 0 aromatic heterocycles. The lowest BCUT2D eigenvalue weighted by Gasteiger charge is -2.38. The van der Waals surface area contributed by atoms with Crippen molar-refractivity contribution in [1.82, 2.24) is 9.21 Å². The Kier molecular flexibility index (Phi) is 8.40. The maximum absolute atomic E-state index is 13.2. The summed E-state index contributed by atoms with van der Waals surface area (Å²) in [6.45, 7) is -1.62. The fourth-order valence-corrected chi connectivity index (χ4v) is 5.69. The summed E-state index contributed by atoms with van der Waals surface area (Å²) < 4.78 is 104. The molecule has 1 amide bonds. The molecular formula is C19H25F4N2O9PS. The van der Waals surface area contributed by atoms with Gasteiger partial charge in [-0.2, -0.15) is 17.5 Å². The molecule has 1 spiro atoms. The first kappa shape index (κ1) is 28.8. The van der Waals surface area contributed by atoms with Crippen molar-refractivity contribution in [1.29, 1.82) is 0 Å². The van der Waals surface area contributed by atoms with Crippen molar-refractivity contribution in [2.75, 3.05) is 33.4 Å². The van der Waals surface area contributed by atoms with Gasteiger partial charge in [-0.3, -0.25) is 4.52 Å². The van der Waals surface area contributed by atoms with E-state index in [1.165, 1.54) is 7.05 Å². The van der Waals surface area contributed by atoms with Gasteiger partial charge in [-0.05, 0) is 43.5 Å². The third kappa shape index (κ3) is 6.94. The van der Waals surface area contributed by atoms with Gasteiger partial charge in [-0.1, -0.05) is 0 Å². The molecule has 2 N–H and O–H groups in total. The summed E-state index contributed by atoms with van der Waals surface area (Å²) in [7, 11) is -7.78. The lowest BCUT2D eigenvalue weighted by molar-refractivity contribution is -0.214. The Morgan fingerprint density at radius 3 is 2.39 bits per heavy atom. The Labute approximate surface area is 204 Å². The quantitative estimate of drug-likeness (QED) is 0.377. The molecule has 0 saturated carbocycles. The van der Waals surface area contributed by atoms with Crippen LogP contribution >= 0.6 is 7.82 Å². The Balaban J connectivity index is 1.58. The molecule has 17 heteroatoms. The van der Waals surface area contributed by atoms with Gasteiger partial charge in [0.25, 0.3) is 0 Å². The van der Waals surface area contributed by atoms with Crippen LogP contribution in [0.25, 0.3) is 0 Å². The largest absolute Gasteiger partial charge is 0.469 e. The minimum Gasteiger partial charge on any atom is -0.434 e. The van der Waals surface area contributed by atoms with Crippen LogP contribution in [0.1, 0.15) is 19.3 Å². The monoisotopic (exact) mass is 564 g/mol. The van der Waals surface area contributed by atoms with Crippen LogP contribution < -0.4 is 0 Å². The fraction of sp³-hybridized carbons (Fsp3) is 0.632. The average Bonchev–Trinajstić information content (AvgIpc) is 3.18. The average molecular weight is 564 g/mol. The molecule has 1 aromatic carbocycles. The molecular weight excluding hydrogens is 539 g/mol. The SMILES string of the molecule is CN([C@H]1COC2(CCN(C(=O)OC(COP(=O)(O)O)C(F)(F)F)CC2)C1)S(=O)(=O)c1ccc(F)cc1. The number of nitrogens with zero attached hydrogens (tertiary/aromatic N) is 2. The molecule has 11 nitrogen and oxygen atoms in total. The number of ether oxygens (including phenoxy) is 2. The molecule has 2 aliphatic rings. The van der Waals surface area contributed by atoms with Crippen LogP contribution in [0, 0.1) is 5.82 Å². The number of sulfonamides is 1. The molecule has 3 rings (SSSR count). The van der Waals surface area contributed by atoms with Crippen molar-refractivity contribution in [3.63, 3.8) is 0 Å². The molecule has 36 heavy (non-hydrogen) atoms. The standard InChI is InChI=1S/C19H25F4N2O9PS/c1-24(36(30,31)15-4-2-13(20)3-5-15)14-10-18(32-11-14)6-8-25(9-7-18)17(26)34-16(19(21,22)23)12-33-35(27,28)29/h2-5,14,16H,6-12H2,1H3,(H2,27,28,29)/t14-,16?/m1/s1. The maximum atomic E-state index is 13.2. The zero-order valence-corrected chi connectivity index (χ0v) is 20.6. The number of halogens is 4. The molecule has 2 atom stereocenters. The van der Waals surface area contributed by atoms with Crippen molar-refractivity contribution >= 4 is 23.9 Å². The highest BCUT2D eigenvalue weighted by atomic mass is 32.2. The molecule has 0 bridgehead atoms. The first-order valence-electron chi connectivity index (χ1n) is 10.6. The molecule has 204 valence electrons. The highest BCUT2D eigenvalue weighted by Crippen LogP contribution is 2.40. The van der Waals surface area contributed by atoms with Gasteiger partial charge in [0, 0.05) is 20.1 Å². The normalized spacial score (nSPS) is 21.7. The van der Waals surface area contributed by atoms with Crippen molar-refractivity contribution in [3.05, 3.63) is 30.1 Å². The van der Waals surface area contributed by atoms with Crippen LogP contribution in [-0.2, 0) is 28.6 Å². The second kappa shape index (κ2) is 10.5. The fourth-order valence-electron chi connectivity index (χ4n) is 4.02. The van der Waals surface area contributed by atoms with Crippen molar-refractivity contribution in [2.45, 2.75) is 48.1 Å². The predicted molar refractivity (Wildman–Crippen MR) is 114 cm³/mol. The Morgan fingerprint density at radius 1 is 1.28 bits per heavy atom. The van der Waals surface area contributed by atoms with E-state index in [-0.39, 0.29) is 43.9 Å². The molecule has 2 fully saturated rings.